The molecule has 0 fully saturated rings. The molecule has 2 aromatic carbocycles. The molecule has 0 saturated carbocycles. The van der Waals surface area contributed by atoms with Gasteiger partial charge in [0.1, 0.15) is 24.0 Å². The molecule has 0 aromatic heterocycles. The van der Waals surface area contributed by atoms with E-state index in [0.717, 1.165) is 0 Å². The van der Waals surface area contributed by atoms with Crippen LogP contribution in [0.5, 0.6) is 5.75 Å². The Kier molecular flexibility index (Phi) is 3.81. The van der Waals surface area contributed by atoms with Crippen molar-refractivity contribution in [1.29, 1.82) is 0 Å². The number of nitrogen functional groups attached to an aromatic ring is 1. The Bertz CT molecular complexity index is 555. The summed E-state index contributed by atoms with van der Waals surface area (Å²) in [6.07, 6.45) is 0. The predicted molar refractivity (Wildman–Crippen MR) is 69.2 cm³/mol. The molecule has 0 radical (unpaired) electrons. The van der Waals surface area contributed by atoms with Crippen molar-refractivity contribution < 1.29 is 13.5 Å². The van der Waals surface area contributed by atoms with Crippen LogP contribution in [0.15, 0.2) is 40.9 Å². The number of anilines is 1. The summed E-state index contributed by atoms with van der Waals surface area (Å²) in [5, 5.41) is 0. The second kappa shape index (κ2) is 5.35. The SMILES string of the molecule is Nc1cccc(F)c1COc1ccc(Br)c(F)c1. The van der Waals surface area contributed by atoms with Crippen LogP contribution in [0.4, 0.5) is 14.5 Å². The van der Waals surface area contributed by atoms with Crippen LogP contribution in [0, 0.1) is 11.6 Å². The van der Waals surface area contributed by atoms with Gasteiger partial charge in [-0.2, -0.15) is 0 Å². The summed E-state index contributed by atoms with van der Waals surface area (Å²) < 4.78 is 32.3. The van der Waals surface area contributed by atoms with E-state index >= 15 is 0 Å². The van der Waals surface area contributed by atoms with E-state index in [4.69, 9.17) is 10.5 Å². The van der Waals surface area contributed by atoms with Gasteiger partial charge in [0.05, 0.1) is 4.47 Å². The first-order valence-corrected chi connectivity index (χ1v) is 5.98. The van der Waals surface area contributed by atoms with Crippen LogP contribution in [0.1, 0.15) is 5.56 Å². The number of ether oxygens (including phenoxy) is 1. The molecule has 0 saturated heterocycles. The van der Waals surface area contributed by atoms with Gasteiger partial charge in [0, 0.05) is 17.3 Å². The summed E-state index contributed by atoms with van der Waals surface area (Å²) in [7, 11) is 0. The van der Waals surface area contributed by atoms with Crippen LogP contribution in [0.2, 0.25) is 0 Å². The second-order valence-corrected chi connectivity index (χ2v) is 4.53. The van der Waals surface area contributed by atoms with Crippen molar-refractivity contribution in [3.05, 3.63) is 58.1 Å². The van der Waals surface area contributed by atoms with Crippen molar-refractivity contribution in [1.82, 2.24) is 0 Å². The molecule has 0 aliphatic rings. The molecule has 2 aromatic rings. The van der Waals surface area contributed by atoms with E-state index in [2.05, 4.69) is 15.9 Å². The third-order valence-electron chi connectivity index (χ3n) is 2.43. The Hall–Kier alpha value is -1.62. The molecule has 0 bridgehead atoms. The number of benzene rings is 2. The van der Waals surface area contributed by atoms with Crippen molar-refractivity contribution in [3.63, 3.8) is 0 Å². The third kappa shape index (κ3) is 2.79. The van der Waals surface area contributed by atoms with Gasteiger partial charge >= 0.3 is 0 Å². The Labute approximate surface area is 112 Å². The molecule has 5 heteroatoms. The summed E-state index contributed by atoms with van der Waals surface area (Å²) in [6.45, 7) is -0.0421. The first-order valence-electron chi connectivity index (χ1n) is 5.18. The minimum absolute atomic E-state index is 0.0421. The van der Waals surface area contributed by atoms with E-state index in [1.807, 2.05) is 0 Å². The average molecular weight is 314 g/mol. The molecule has 0 amide bonds. The highest BCUT2D eigenvalue weighted by molar-refractivity contribution is 9.10. The molecular formula is C13H10BrF2NO. The number of nitrogens with two attached hydrogens (primary N) is 1. The molecule has 0 unspecified atom stereocenters. The Morgan fingerprint density at radius 3 is 2.56 bits per heavy atom. The topological polar surface area (TPSA) is 35.2 Å². The largest absolute Gasteiger partial charge is 0.489 e. The lowest BCUT2D eigenvalue weighted by Gasteiger charge is -2.09. The summed E-state index contributed by atoms with van der Waals surface area (Å²) in [6, 6.07) is 8.75. The molecule has 94 valence electrons. The lowest BCUT2D eigenvalue weighted by Crippen LogP contribution is -2.03. The van der Waals surface area contributed by atoms with Crippen LogP contribution in [0.25, 0.3) is 0 Å². The fraction of sp³-hybridized carbons (Fsp3) is 0.0769. The number of rotatable bonds is 3. The molecule has 2 rings (SSSR count). The van der Waals surface area contributed by atoms with Crippen LogP contribution in [-0.2, 0) is 6.61 Å². The highest BCUT2D eigenvalue weighted by atomic mass is 79.9. The molecule has 2 N–H and O–H groups in total. The smallest absolute Gasteiger partial charge is 0.141 e. The van der Waals surface area contributed by atoms with E-state index in [1.165, 1.54) is 24.3 Å². The summed E-state index contributed by atoms with van der Waals surface area (Å²) in [4.78, 5) is 0. The van der Waals surface area contributed by atoms with E-state index in [1.54, 1.807) is 12.1 Å². The van der Waals surface area contributed by atoms with Crippen molar-refractivity contribution in [2.45, 2.75) is 6.61 Å². The normalized spacial score (nSPS) is 10.4. The van der Waals surface area contributed by atoms with Crippen molar-refractivity contribution >= 4 is 21.6 Å². The molecule has 0 aliphatic heterocycles. The summed E-state index contributed by atoms with van der Waals surface area (Å²) in [5.41, 5.74) is 6.22. The van der Waals surface area contributed by atoms with E-state index in [0.29, 0.717) is 15.9 Å². The Balaban J connectivity index is 2.14. The summed E-state index contributed by atoms with van der Waals surface area (Å²) in [5.74, 6) is -0.556. The fourth-order valence-corrected chi connectivity index (χ4v) is 1.70. The van der Waals surface area contributed by atoms with Gasteiger partial charge in [-0.25, -0.2) is 8.78 Å². The predicted octanol–water partition coefficient (Wildman–Crippen LogP) is 3.89. The van der Waals surface area contributed by atoms with Crippen LogP contribution in [0.3, 0.4) is 0 Å². The number of hydrogen-bond acceptors (Lipinski definition) is 2. The zero-order valence-electron chi connectivity index (χ0n) is 9.29. The van der Waals surface area contributed by atoms with Gasteiger partial charge in [0.15, 0.2) is 0 Å². The quantitative estimate of drug-likeness (QED) is 0.873. The van der Waals surface area contributed by atoms with Crippen LogP contribution < -0.4 is 10.5 Å². The maximum atomic E-state index is 13.5. The van der Waals surface area contributed by atoms with Crippen LogP contribution in [-0.4, -0.2) is 0 Å². The van der Waals surface area contributed by atoms with Gasteiger partial charge < -0.3 is 10.5 Å². The highest BCUT2D eigenvalue weighted by Crippen LogP contribution is 2.23. The molecule has 0 heterocycles. The lowest BCUT2D eigenvalue weighted by molar-refractivity contribution is 0.299. The summed E-state index contributed by atoms with van der Waals surface area (Å²) >= 11 is 3.04. The van der Waals surface area contributed by atoms with Gasteiger partial charge in [-0.15, -0.1) is 0 Å². The second-order valence-electron chi connectivity index (χ2n) is 3.67. The molecular weight excluding hydrogens is 304 g/mol. The van der Waals surface area contributed by atoms with Crippen molar-refractivity contribution in [3.8, 4) is 5.75 Å². The average Bonchev–Trinajstić information content (AvgIpc) is 2.33. The highest BCUT2D eigenvalue weighted by Gasteiger charge is 2.07. The maximum Gasteiger partial charge on any atom is 0.141 e. The van der Waals surface area contributed by atoms with Crippen molar-refractivity contribution in [2.75, 3.05) is 5.73 Å². The minimum Gasteiger partial charge on any atom is -0.489 e. The maximum absolute atomic E-state index is 13.5. The zero-order chi connectivity index (χ0) is 13.1. The molecule has 0 spiro atoms. The first-order chi connectivity index (χ1) is 8.58. The van der Waals surface area contributed by atoms with Gasteiger partial charge in [-0.3, -0.25) is 0 Å². The minimum atomic E-state index is -0.437. The standard InChI is InChI=1S/C13H10BrF2NO/c14-10-5-4-8(6-12(10)16)18-7-9-11(15)2-1-3-13(9)17/h1-6H,7,17H2. The van der Waals surface area contributed by atoms with Gasteiger partial charge in [-0.05, 0) is 40.2 Å². The fourth-order valence-electron chi connectivity index (χ4n) is 1.45. The Morgan fingerprint density at radius 1 is 1.11 bits per heavy atom. The molecule has 18 heavy (non-hydrogen) atoms. The van der Waals surface area contributed by atoms with E-state index in [9.17, 15) is 8.78 Å². The number of hydrogen-bond donors (Lipinski definition) is 1. The lowest BCUT2D eigenvalue weighted by atomic mass is 10.2. The van der Waals surface area contributed by atoms with Crippen LogP contribution >= 0.6 is 15.9 Å². The molecule has 0 aliphatic carbocycles. The van der Waals surface area contributed by atoms with Crippen molar-refractivity contribution in [2.24, 2.45) is 0 Å². The third-order valence-corrected chi connectivity index (χ3v) is 3.07. The van der Waals surface area contributed by atoms with E-state index < -0.39 is 11.6 Å². The number of halogens is 3. The molecule has 0 atom stereocenters. The van der Waals surface area contributed by atoms with Gasteiger partial charge in [0.2, 0.25) is 0 Å². The monoisotopic (exact) mass is 313 g/mol. The Morgan fingerprint density at radius 2 is 1.89 bits per heavy atom. The van der Waals surface area contributed by atoms with Gasteiger partial charge in [-0.1, -0.05) is 6.07 Å². The molecule has 2 nitrogen and oxygen atoms in total. The van der Waals surface area contributed by atoms with E-state index in [-0.39, 0.29) is 12.2 Å². The van der Waals surface area contributed by atoms with Gasteiger partial charge in [0.25, 0.3) is 0 Å². The zero-order valence-corrected chi connectivity index (χ0v) is 10.9. The first kappa shape index (κ1) is 12.8.